The Kier molecular flexibility index (Phi) is 6.06. The highest BCUT2D eigenvalue weighted by Gasteiger charge is 2.26. The average Bonchev–Trinajstić information content (AvgIpc) is 3.30. The van der Waals surface area contributed by atoms with Crippen LogP contribution in [0.25, 0.3) is 0 Å². The monoisotopic (exact) mass is 426 g/mol. The molecule has 7 nitrogen and oxygen atoms in total. The lowest BCUT2D eigenvalue weighted by Crippen LogP contribution is -2.33. The second-order valence-electron chi connectivity index (χ2n) is 8.41. The highest BCUT2D eigenvalue weighted by atomic mass is 19.1. The zero-order valence-electron chi connectivity index (χ0n) is 17.6. The smallest absolute Gasteiger partial charge is 0.293 e. The fourth-order valence-electron chi connectivity index (χ4n) is 4.37. The minimum atomic E-state index is -0.563. The summed E-state index contributed by atoms with van der Waals surface area (Å²) >= 11 is 0. The summed E-state index contributed by atoms with van der Waals surface area (Å²) in [5, 5.41) is 14.4. The van der Waals surface area contributed by atoms with E-state index < -0.39 is 16.6 Å². The molecule has 2 saturated heterocycles. The number of nitro benzene ring substituents is 1. The van der Waals surface area contributed by atoms with Crippen molar-refractivity contribution in [3.63, 3.8) is 0 Å². The largest absolute Gasteiger partial charge is 0.370 e. The Bertz CT molecular complexity index is 983. The Labute approximate surface area is 181 Å². The zero-order chi connectivity index (χ0) is 22.0. The Hall–Kier alpha value is -3.16. The van der Waals surface area contributed by atoms with Gasteiger partial charge in [0.05, 0.1) is 10.6 Å². The Morgan fingerprint density at radius 1 is 1.06 bits per heavy atom. The summed E-state index contributed by atoms with van der Waals surface area (Å²) < 4.78 is 14.6. The number of nitro groups is 1. The van der Waals surface area contributed by atoms with Gasteiger partial charge in [0.15, 0.2) is 0 Å². The van der Waals surface area contributed by atoms with Gasteiger partial charge in [-0.3, -0.25) is 14.9 Å². The molecule has 1 amide bonds. The number of piperidine rings is 1. The number of nitrogens with zero attached hydrogens (tertiary/aromatic N) is 3. The molecule has 2 heterocycles. The Morgan fingerprint density at radius 2 is 1.74 bits per heavy atom. The van der Waals surface area contributed by atoms with E-state index in [1.54, 1.807) is 24.3 Å². The molecule has 1 N–H and O–H groups in total. The van der Waals surface area contributed by atoms with Crippen LogP contribution in [0, 0.1) is 21.8 Å². The molecular formula is C23H27FN4O3. The van der Waals surface area contributed by atoms with Crippen LogP contribution in [-0.2, 0) is 0 Å². The predicted octanol–water partition coefficient (Wildman–Crippen LogP) is 4.82. The van der Waals surface area contributed by atoms with E-state index in [1.165, 1.54) is 12.1 Å². The fourth-order valence-corrected chi connectivity index (χ4v) is 4.37. The minimum absolute atomic E-state index is 0.101. The standard InChI is InChI=1S/C23H27FN4O3/c1-16-9-13-27(14-10-16)19-8-7-17(15-21(19)28(30)31)23(29)25-22-18(24)5-4-6-20(22)26-11-2-3-12-26/h4-8,15-16H,2-3,9-14H2,1H3,(H,25,29). The van der Waals surface area contributed by atoms with Crippen LogP contribution in [0.2, 0.25) is 0 Å². The predicted molar refractivity (Wildman–Crippen MR) is 120 cm³/mol. The maximum Gasteiger partial charge on any atom is 0.293 e. The number of halogens is 1. The first-order valence-electron chi connectivity index (χ1n) is 10.8. The summed E-state index contributed by atoms with van der Waals surface area (Å²) in [5.41, 5.74) is 1.31. The van der Waals surface area contributed by atoms with Crippen LogP contribution in [0.4, 0.5) is 27.1 Å². The molecule has 0 unspecified atom stereocenters. The van der Waals surface area contributed by atoms with Crippen molar-refractivity contribution in [1.29, 1.82) is 0 Å². The van der Waals surface area contributed by atoms with Gasteiger partial charge in [-0.15, -0.1) is 0 Å². The first-order valence-corrected chi connectivity index (χ1v) is 10.8. The van der Waals surface area contributed by atoms with Crippen molar-refractivity contribution in [3.05, 3.63) is 57.9 Å². The number of rotatable bonds is 5. The van der Waals surface area contributed by atoms with E-state index in [9.17, 15) is 19.3 Å². The summed E-state index contributed by atoms with van der Waals surface area (Å²) in [6.07, 6.45) is 4.00. The summed E-state index contributed by atoms with van der Waals surface area (Å²) in [7, 11) is 0. The molecule has 2 aliphatic heterocycles. The third-order valence-electron chi connectivity index (χ3n) is 6.24. The SMILES string of the molecule is CC1CCN(c2ccc(C(=O)Nc3c(F)cccc3N3CCCC3)cc2[N+](=O)[O-])CC1. The van der Waals surface area contributed by atoms with Gasteiger partial charge in [-0.05, 0) is 55.9 Å². The highest BCUT2D eigenvalue weighted by molar-refractivity contribution is 6.06. The number of carbonyl (C=O) groups excluding carboxylic acids is 1. The maximum atomic E-state index is 14.6. The van der Waals surface area contributed by atoms with Gasteiger partial charge in [0.2, 0.25) is 0 Å². The van der Waals surface area contributed by atoms with Crippen molar-refractivity contribution in [3.8, 4) is 0 Å². The average molecular weight is 426 g/mol. The van der Waals surface area contributed by atoms with Gasteiger partial charge in [0.25, 0.3) is 11.6 Å². The van der Waals surface area contributed by atoms with Crippen LogP contribution in [0.15, 0.2) is 36.4 Å². The molecule has 0 aliphatic carbocycles. The van der Waals surface area contributed by atoms with Gasteiger partial charge in [-0.2, -0.15) is 0 Å². The summed E-state index contributed by atoms with van der Waals surface area (Å²) in [6.45, 7) is 5.30. The normalized spacial score (nSPS) is 17.1. The summed E-state index contributed by atoms with van der Waals surface area (Å²) in [6, 6.07) is 9.21. The van der Waals surface area contributed by atoms with Gasteiger partial charge >= 0.3 is 0 Å². The van der Waals surface area contributed by atoms with Crippen LogP contribution in [-0.4, -0.2) is 37.0 Å². The molecule has 8 heteroatoms. The number of anilines is 3. The molecule has 4 rings (SSSR count). The highest BCUT2D eigenvalue weighted by Crippen LogP contribution is 2.34. The second kappa shape index (κ2) is 8.91. The Balaban J connectivity index is 1.60. The van der Waals surface area contributed by atoms with Crippen LogP contribution in [0.3, 0.4) is 0 Å². The number of para-hydroxylation sites is 1. The molecule has 164 valence electrons. The molecule has 0 atom stereocenters. The van der Waals surface area contributed by atoms with Gasteiger partial charge < -0.3 is 15.1 Å². The lowest BCUT2D eigenvalue weighted by molar-refractivity contribution is -0.384. The van der Waals surface area contributed by atoms with Gasteiger partial charge in [0, 0.05) is 37.8 Å². The topological polar surface area (TPSA) is 78.7 Å². The molecule has 31 heavy (non-hydrogen) atoms. The molecule has 0 bridgehead atoms. The van der Waals surface area contributed by atoms with E-state index in [0.29, 0.717) is 17.3 Å². The van der Waals surface area contributed by atoms with Gasteiger partial charge in [0.1, 0.15) is 17.2 Å². The number of carbonyl (C=O) groups is 1. The van der Waals surface area contributed by atoms with Crippen LogP contribution in [0.5, 0.6) is 0 Å². The lowest BCUT2D eigenvalue weighted by atomic mass is 9.98. The van der Waals surface area contributed by atoms with Crippen molar-refractivity contribution in [1.82, 2.24) is 0 Å². The molecule has 2 aromatic carbocycles. The van der Waals surface area contributed by atoms with Crippen LogP contribution >= 0.6 is 0 Å². The molecule has 2 aliphatic rings. The summed E-state index contributed by atoms with van der Waals surface area (Å²) in [4.78, 5) is 28.2. The van der Waals surface area contributed by atoms with E-state index in [0.717, 1.165) is 51.9 Å². The third-order valence-corrected chi connectivity index (χ3v) is 6.24. The molecule has 0 spiro atoms. The maximum absolute atomic E-state index is 14.6. The van der Waals surface area contributed by atoms with E-state index in [-0.39, 0.29) is 16.9 Å². The van der Waals surface area contributed by atoms with E-state index in [1.807, 2.05) is 9.80 Å². The molecular weight excluding hydrogens is 399 g/mol. The Morgan fingerprint density at radius 3 is 2.42 bits per heavy atom. The van der Waals surface area contributed by atoms with Gasteiger partial charge in [-0.1, -0.05) is 13.0 Å². The minimum Gasteiger partial charge on any atom is -0.370 e. The number of hydrogen-bond donors (Lipinski definition) is 1. The van der Waals surface area contributed by atoms with Crippen molar-refractivity contribution in [2.24, 2.45) is 5.92 Å². The molecule has 2 fully saturated rings. The van der Waals surface area contributed by atoms with Crippen molar-refractivity contribution < 1.29 is 14.1 Å². The quantitative estimate of drug-likeness (QED) is 0.548. The van der Waals surface area contributed by atoms with Crippen LogP contribution < -0.4 is 15.1 Å². The molecule has 0 saturated carbocycles. The van der Waals surface area contributed by atoms with E-state index in [4.69, 9.17) is 0 Å². The first kappa shape index (κ1) is 21.1. The number of amides is 1. The van der Waals surface area contributed by atoms with Crippen molar-refractivity contribution >= 4 is 28.7 Å². The number of nitrogens with one attached hydrogen (secondary N) is 1. The fraction of sp³-hybridized carbons (Fsp3) is 0.435. The van der Waals surface area contributed by atoms with Gasteiger partial charge in [-0.25, -0.2) is 4.39 Å². The number of benzene rings is 2. The van der Waals surface area contributed by atoms with Crippen molar-refractivity contribution in [2.45, 2.75) is 32.6 Å². The third kappa shape index (κ3) is 4.47. The molecule has 2 aromatic rings. The van der Waals surface area contributed by atoms with Crippen LogP contribution in [0.1, 0.15) is 43.0 Å². The molecule has 0 radical (unpaired) electrons. The zero-order valence-corrected chi connectivity index (χ0v) is 17.6. The second-order valence-corrected chi connectivity index (χ2v) is 8.41. The van der Waals surface area contributed by atoms with E-state index >= 15 is 0 Å². The molecule has 0 aromatic heterocycles. The lowest BCUT2D eigenvalue weighted by Gasteiger charge is -2.31. The number of hydrogen-bond acceptors (Lipinski definition) is 5. The van der Waals surface area contributed by atoms with E-state index in [2.05, 4.69) is 12.2 Å². The first-order chi connectivity index (χ1) is 14.9. The van der Waals surface area contributed by atoms with Crippen molar-refractivity contribution in [2.75, 3.05) is 41.3 Å². The summed E-state index contributed by atoms with van der Waals surface area (Å²) in [5.74, 6) is -0.482.